The SMILES string of the molecule is Cc1cc(-c2ccc(C(C)N3CCC(CCCO)(c4ccccc4)OC3=O)cc2)cc(C)n1. The number of aliphatic hydroxyl groups excluding tert-OH is 1. The van der Waals surface area contributed by atoms with Gasteiger partial charge in [-0.15, -0.1) is 0 Å². The Bertz CT molecular complexity index is 1080. The highest BCUT2D eigenvalue weighted by atomic mass is 16.6. The molecule has 33 heavy (non-hydrogen) atoms. The fraction of sp³-hybridized carbons (Fsp3) is 0.357. The minimum atomic E-state index is -0.682. The molecule has 172 valence electrons. The first-order valence-corrected chi connectivity index (χ1v) is 11.6. The fourth-order valence-electron chi connectivity index (χ4n) is 4.79. The molecule has 1 aliphatic rings. The number of ether oxygens (including phenoxy) is 1. The average molecular weight is 445 g/mol. The molecule has 2 aromatic carbocycles. The van der Waals surface area contributed by atoms with E-state index in [0.717, 1.165) is 33.6 Å². The van der Waals surface area contributed by atoms with Crippen LogP contribution in [0.4, 0.5) is 4.79 Å². The van der Waals surface area contributed by atoms with E-state index in [0.29, 0.717) is 25.8 Å². The first-order chi connectivity index (χ1) is 15.9. The number of hydrogen-bond donors (Lipinski definition) is 1. The lowest BCUT2D eigenvalue weighted by Gasteiger charge is -2.43. The summed E-state index contributed by atoms with van der Waals surface area (Å²) >= 11 is 0. The second kappa shape index (κ2) is 9.75. The van der Waals surface area contributed by atoms with Crippen LogP contribution in [0.1, 0.15) is 54.7 Å². The average Bonchev–Trinajstić information content (AvgIpc) is 2.82. The summed E-state index contributed by atoms with van der Waals surface area (Å²) in [6.07, 6.45) is 1.59. The third-order valence-electron chi connectivity index (χ3n) is 6.59. The Balaban J connectivity index is 1.51. The largest absolute Gasteiger partial charge is 0.438 e. The van der Waals surface area contributed by atoms with Crippen LogP contribution >= 0.6 is 0 Å². The minimum Gasteiger partial charge on any atom is -0.438 e. The molecule has 2 atom stereocenters. The smallest absolute Gasteiger partial charge is 0.411 e. The number of cyclic esters (lactones) is 1. The zero-order valence-corrected chi connectivity index (χ0v) is 19.6. The van der Waals surface area contributed by atoms with Gasteiger partial charge >= 0.3 is 6.09 Å². The molecule has 1 aromatic heterocycles. The fourth-order valence-corrected chi connectivity index (χ4v) is 4.79. The molecule has 2 heterocycles. The maximum atomic E-state index is 13.2. The highest BCUT2D eigenvalue weighted by molar-refractivity contribution is 5.70. The molecule has 1 N–H and O–H groups in total. The summed E-state index contributed by atoms with van der Waals surface area (Å²) in [7, 11) is 0. The molecule has 0 spiro atoms. The Hall–Kier alpha value is -3.18. The van der Waals surface area contributed by atoms with Gasteiger partial charge in [0.05, 0.1) is 6.04 Å². The Labute approximate surface area is 196 Å². The van der Waals surface area contributed by atoms with Gasteiger partial charge in [0.2, 0.25) is 0 Å². The summed E-state index contributed by atoms with van der Waals surface area (Å²) in [6, 6.07) is 22.3. The molecule has 1 fully saturated rings. The number of pyridine rings is 1. The van der Waals surface area contributed by atoms with E-state index in [1.807, 2.05) is 51.1 Å². The monoisotopic (exact) mass is 444 g/mol. The van der Waals surface area contributed by atoms with E-state index in [-0.39, 0.29) is 18.7 Å². The third-order valence-corrected chi connectivity index (χ3v) is 6.59. The van der Waals surface area contributed by atoms with Crippen molar-refractivity contribution in [3.63, 3.8) is 0 Å². The Morgan fingerprint density at radius 3 is 2.30 bits per heavy atom. The van der Waals surface area contributed by atoms with E-state index in [2.05, 4.69) is 41.4 Å². The number of aliphatic hydroxyl groups is 1. The number of carbonyl (C=O) groups excluding carboxylic acids is 1. The first-order valence-electron chi connectivity index (χ1n) is 11.6. The molecule has 1 aliphatic heterocycles. The number of aromatic nitrogens is 1. The van der Waals surface area contributed by atoms with E-state index in [4.69, 9.17) is 4.74 Å². The van der Waals surface area contributed by atoms with Gasteiger partial charge < -0.3 is 14.7 Å². The van der Waals surface area contributed by atoms with Crippen LogP contribution in [0.3, 0.4) is 0 Å². The summed E-state index contributed by atoms with van der Waals surface area (Å²) < 4.78 is 6.11. The quantitative estimate of drug-likeness (QED) is 0.490. The summed E-state index contributed by atoms with van der Waals surface area (Å²) in [6.45, 7) is 6.73. The van der Waals surface area contributed by atoms with E-state index in [9.17, 15) is 9.90 Å². The van der Waals surface area contributed by atoms with Crippen molar-refractivity contribution >= 4 is 6.09 Å². The molecule has 1 amide bonds. The summed E-state index contributed by atoms with van der Waals surface area (Å²) in [5, 5.41) is 9.39. The molecule has 2 unspecified atom stereocenters. The summed E-state index contributed by atoms with van der Waals surface area (Å²) in [4.78, 5) is 19.4. The molecule has 3 aromatic rings. The highest BCUT2D eigenvalue weighted by Gasteiger charge is 2.43. The van der Waals surface area contributed by atoms with E-state index in [1.54, 1.807) is 4.90 Å². The van der Waals surface area contributed by atoms with Crippen LogP contribution in [-0.2, 0) is 10.3 Å². The Kier molecular flexibility index (Phi) is 6.80. The number of hydrogen-bond acceptors (Lipinski definition) is 4. The van der Waals surface area contributed by atoms with Crippen molar-refractivity contribution in [2.75, 3.05) is 13.2 Å². The highest BCUT2D eigenvalue weighted by Crippen LogP contribution is 2.40. The summed E-state index contributed by atoms with van der Waals surface area (Å²) in [5.74, 6) is 0. The van der Waals surface area contributed by atoms with Crippen molar-refractivity contribution in [2.24, 2.45) is 0 Å². The minimum absolute atomic E-state index is 0.0785. The van der Waals surface area contributed by atoms with Crippen molar-refractivity contribution in [3.05, 3.63) is 89.2 Å². The van der Waals surface area contributed by atoms with Gasteiger partial charge in [-0.25, -0.2) is 4.79 Å². The Morgan fingerprint density at radius 1 is 1.03 bits per heavy atom. The zero-order valence-electron chi connectivity index (χ0n) is 19.6. The van der Waals surface area contributed by atoms with Crippen LogP contribution in [0.5, 0.6) is 0 Å². The van der Waals surface area contributed by atoms with Gasteiger partial charge in [0.1, 0.15) is 5.60 Å². The number of amides is 1. The van der Waals surface area contributed by atoms with Crippen LogP contribution in [0, 0.1) is 13.8 Å². The number of nitrogens with zero attached hydrogens (tertiary/aromatic N) is 2. The molecule has 0 aliphatic carbocycles. The molecular formula is C28H32N2O3. The topological polar surface area (TPSA) is 62.7 Å². The molecule has 0 bridgehead atoms. The lowest BCUT2D eigenvalue weighted by atomic mass is 9.84. The van der Waals surface area contributed by atoms with Crippen LogP contribution in [0.25, 0.3) is 11.1 Å². The van der Waals surface area contributed by atoms with Gasteiger partial charge in [0, 0.05) is 31.0 Å². The molecular weight excluding hydrogens is 412 g/mol. The Morgan fingerprint density at radius 2 is 1.70 bits per heavy atom. The van der Waals surface area contributed by atoms with Crippen molar-refractivity contribution in [2.45, 2.75) is 51.7 Å². The van der Waals surface area contributed by atoms with Crippen molar-refractivity contribution < 1.29 is 14.6 Å². The number of benzene rings is 2. The van der Waals surface area contributed by atoms with E-state index >= 15 is 0 Å². The maximum Gasteiger partial charge on any atom is 0.411 e. The molecule has 0 radical (unpaired) electrons. The van der Waals surface area contributed by atoms with Gasteiger partial charge in [-0.05, 0) is 68.0 Å². The van der Waals surface area contributed by atoms with Gasteiger partial charge in [0.25, 0.3) is 0 Å². The molecule has 4 rings (SSSR count). The van der Waals surface area contributed by atoms with Gasteiger partial charge in [0.15, 0.2) is 0 Å². The molecule has 1 saturated heterocycles. The molecule has 5 nitrogen and oxygen atoms in total. The predicted octanol–water partition coefficient (Wildman–Crippen LogP) is 5.94. The van der Waals surface area contributed by atoms with Gasteiger partial charge in [-0.2, -0.15) is 0 Å². The second-order valence-corrected chi connectivity index (χ2v) is 8.94. The first kappa shape index (κ1) is 23.0. The normalized spacial score (nSPS) is 19.3. The lowest BCUT2D eigenvalue weighted by molar-refractivity contribution is -0.0680. The van der Waals surface area contributed by atoms with Crippen molar-refractivity contribution in [1.82, 2.24) is 9.88 Å². The number of carbonyl (C=O) groups is 1. The number of rotatable bonds is 7. The molecule has 0 saturated carbocycles. The van der Waals surface area contributed by atoms with Crippen molar-refractivity contribution in [1.29, 1.82) is 0 Å². The van der Waals surface area contributed by atoms with Crippen LogP contribution in [0.15, 0.2) is 66.7 Å². The van der Waals surface area contributed by atoms with Crippen LogP contribution in [-0.4, -0.2) is 34.2 Å². The van der Waals surface area contributed by atoms with Crippen LogP contribution in [0.2, 0.25) is 0 Å². The van der Waals surface area contributed by atoms with E-state index in [1.165, 1.54) is 0 Å². The maximum absolute atomic E-state index is 13.2. The van der Waals surface area contributed by atoms with Gasteiger partial charge in [-0.3, -0.25) is 4.98 Å². The van der Waals surface area contributed by atoms with Gasteiger partial charge in [-0.1, -0.05) is 54.6 Å². The zero-order chi connectivity index (χ0) is 23.4. The van der Waals surface area contributed by atoms with E-state index < -0.39 is 5.60 Å². The standard InChI is InChI=1S/C28H32N2O3/c1-20-18-25(19-21(2)29-20)24-12-10-23(11-13-24)22(3)30-16-15-28(14-7-17-31,33-27(30)32)26-8-5-4-6-9-26/h4-6,8-13,18-19,22,31H,7,14-17H2,1-3H3. The predicted molar refractivity (Wildman–Crippen MR) is 130 cm³/mol. The van der Waals surface area contributed by atoms with Crippen molar-refractivity contribution in [3.8, 4) is 11.1 Å². The number of aryl methyl sites for hydroxylation is 2. The second-order valence-electron chi connectivity index (χ2n) is 8.94. The van der Waals surface area contributed by atoms with Crippen LogP contribution < -0.4 is 0 Å². The third kappa shape index (κ3) is 4.93. The molecule has 5 heteroatoms. The lowest BCUT2D eigenvalue weighted by Crippen LogP contribution is -2.48. The summed E-state index contributed by atoms with van der Waals surface area (Å²) in [5.41, 5.74) is 5.66.